The maximum atomic E-state index is 5.75. The molecule has 0 aromatic heterocycles. The van der Waals surface area contributed by atoms with Crippen LogP contribution in [0.25, 0.3) is 10.8 Å². The number of fused-ring (bicyclic) bond motifs is 3. The minimum absolute atomic E-state index is 0.242. The van der Waals surface area contributed by atoms with Gasteiger partial charge < -0.3 is 10.5 Å². The second kappa shape index (κ2) is 5.94. The Morgan fingerprint density at radius 2 is 2.05 bits per heavy atom. The summed E-state index contributed by atoms with van der Waals surface area (Å²) in [5.41, 5.74) is 8.54. The predicted molar refractivity (Wildman–Crippen MR) is 83.8 cm³/mol. The Morgan fingerprint density at radius 3 is 2.85 bits per heavy atom. The Balaban J connectivity index is 2.02. The average Bonchev–Trinajstić information content (AvgIpc) is 2.51. The summed E-state index contributed by atoms with van der Waals surface area (Å²) < 4.78 is 5.75. The van der Waals surface area contributed by atoms with Gasteiger partial charge in [-0.15, -0.1) is 0 Å². The van der Waals surface area contributed by atoms with Crippen molar-refractivity contribution in [3.8, 4) is 0 Å². The summed E-state index contributed by atoms with van der Waals surface area (Å²) in [5, 5.41) is 2.73. The van der Waals surface area contributed by atoms with Crippen molar-refractivity contribution in [3.63, 3.8) is 0 Å². The molecule has 0 fully saturated rings. The van der Waals surface area contributed by atoms with Crippen molar-refractivity contribution in [2.45, 2.75) is 31.8 Å². The monoisotopic (exact) mass is 269 g/mol. The summed E-state index contributed by atoms with van der Waals surface area (Å²) in [5.74, 6) is 0.696. The molecule has 20 heavy (non-hydrogen) atoms. The molecule has 2 aromatic rings. The fourth-order valence-electron chi connectivity index (χ4n) is 3.53. The summed E-state index contributed by atoms with van der Waals surface area (Å²) in [6, 6.07) is 13.2. The third kappa shape index (κ3) is 2.46. The second-order valence-electron chi connectivity index (χ2n) is 5.82. The van der Waals surface area contributed by atoms with E-state index in [4.69, 9.17) is 10.5 Å². The molecule has 0 spiro atoms. The van der Waals surface area contributed by atoms with Crippen LogP contribution in [0.5, 0.6) is 0 Å². The van der Waals surface area contributed by atoms with E-state index in [1.807, 2.05) is 7.11 Å². The number of hydrogen-bond acceptors (Lipinski definition) is 2. The van der Waals surface area contributed by atoms with Gasteiger partial charge in [0.25, 0.3) is 0 Å². The Hall–Kier alpha value is -1.38. The van der Waals surface area contributed by atoms with Gasteiger partial charge in [0.1, 0.15) is 0 Å². The standard InChI is InChI=1S/C18H23NO/c1-20-18-12-13(5-4-10-19)11-17-15-7-3-2-6-14(15)8-9-16(17)18/h2-3,6-9,13,18H,4-5,10-12,19H2,1H3. The van der Waals surface area contributed by atoms with Crippen molar-refractivity contribution in [1.29, 1.82) is 0 Å². The number of hydrogen-bond donors (Lipinski definition) is 1. The van der Waals surface area contributed by atoms with Crippen LogP contribution < -0.4 is 5.73 Å². The van der Waals surface area contributed by atoms with Gasteiger partial charge in [-0.25, -0.2) is 0 Å². The first-order valence-corrected chi connectivity index (χ1v) is 7.57. The molecule has 106 valence electrons. The van der Waals surface area contributed by atoms with Crippen molar-refractivity contribution in [2.24, 2.45) is 11.7 Å². The molecule has 0 heterocycles. The van der Waals surface area contributed by atoms with E-state index in [9.17, 15) is 0 Å². The number of ether oxygens (including phenoxy) is 1. The van der Waals surface area contributed by atoms with Crippen molar-refractivity contribution >= 4 is 10.8 Å². The van der Waals surface area contributed by atoms with Crippen LogP contribution in [-0.4, -0.2) is 13.7 Å². The third-order valence-corrected chi connectivity index (χ3v) is 4.56. The van der Waals surface area contributed by atoms with Crippen molar-refractivity contribution in [2.75, 3.05) is 13.7 Å². The highest BCUT2D eigenvalue weighted by atomic mass is 16.5. The first-order valence-electron chi connectivity index (χ1n) is 7.57. The Bertz CT molecular complexity index is 593. The summed E-state index contributed by atoms with van der Waals surface area (Å²) in [6.07, 6.45) is 4.85. The minimum atomic E-state index is 0.242. The first-order chi connectivity index (χ1) is 9.83. The molecule has 0 saturated heterocycles. The Kier molecular flexibility index (Phi) is 4.04. The van der Waals surface area contributed by atoms with Gasteiger partial charge in [0, 0.05) is 7.11 Å². The molecule has 0 aliphatic heterocycles. The van der Waals surface area contributed by atoms with Crippen LogP contribution in [0.15, 0.2) is 36.4 Å². The summed E-state index contributed by atoms with van der Waals surface area (Å²) >= 11 is 0. The smallest absolute Gasteiger partial charge is 0.0826 e. The van der Waals surface area contributed by atoms with Gasteiger partial charge >= 0.3 is 0 Å². The van der Waals surface area contributed by atoms with E-state index in [2.05, 4.69) is 36.4 Å². The SMILES string of the molecule is COC1CC(CCCN)Cc2c1ccc1ccccc21. The lowest BCUT2D eigenvalue weighted by Crippen LogP contribution is -2.21. The van der Waals surface area contributed by atoms with Gasteiger partial charge in [0.15, 0.2) is 0 Å². The van der Waals surface area contributed by atoms with Crippen LogP contribution in [0.2, 0.25) is 0 Å². The highest BCUT2D eigenvalue weighted by Crippen LogP contribution is 2.40. The summed E-state index contributed by atoms with van der Waals surface area (Å²) in [7, 11) is 1.83. The molecule has 1 aliphatic rings. The quantitative estimate of drug-likeness (QED) is 0.915. The summed E-state index contributed by atoms with van der Waals surface area (Å²) in [6.45, 7) is 0.788. The van der Waals surface area contributed by atoms with Crippen LogP contribution in [0.1, 0.15) is 36.5 Å². The molecular weight excluding hydrogens is 246 g/mol. The molecular formula is C18H23NO. The van der Waals surface area contributed by atoms with Crippen LogP contribution in [0.4, 0.5) is 0 Å². The molecule has 0 bridgehead atoms. The van der Waals surface area contributed by atoms with Crippen LogP contribution >= 0.6 is 0 Å². The highest BCUT2D eigenvalue weighted by molar-refractivity contribution is 5.87. The van der Waals surface area contributed by atoms with E-state index in [1.54, 1.807) is 0 Å². The number of nitrogens with two attached hydrogens (primary N) is 1. The second-order valence-corrected chi connectivity index (χ2v) is 5.82. The van der Waals surface area contributed by atoms with Crippen LogP contribution in [-0.2, 0) is 11.2 Å². The van der Waals surface area contributed by atoms with E-state index in [0.29, 0.717) is 5.92 Å². The maximum Gasteiger partial charge on any atom is 0.0826 e. The molecule has 2 atom stereocenters. The lowest BCUT2D eigenvalue weighted by atomic mass is 9.78. The van der Waals surface area contributed by atoms with E-state index in [0.717, 1.165) is 25.8 Å². The summed E-state index contributed by atoms with van der Waals surface area (Å²) in [4.78, 5) is 0. The lowest BCUT2D eigenvalue weighted by Gasteiger charge is -2.31. The van der Waals surface area contributed by atoms with Gasteiger partial charge in [-0.05, 0) is 60.0 Å². The molecule has 0 radical (unpaired) electrons. The van der Waals surface area contributed by atoms with Gasteiger partial charge in [0.2, 0.25) is 0 Å². The zero-order chi connectivity index (χ0) is 13.9. The predicted octanol–water partition coefficient (Wildman–Crippen LogP) is 3.83. The van der Waals surface area contributed by atoms with Gasteiger partial charge in [-0.2, -0.15) is 0 Å². The number of methoxy groups -OCH3 is 1. The highest BCUT2D eigenvalue weighted by Gasteiger charge is 2.27. The Morgan fingerprint density at radius 1 is 1.20 bits per heavy atom. The van der Waals surface area contributed by atoms with Crippen molar-refractivity contribution < 1.29 is 4.74 Å². The number of benzene rings is 2. The fraction of sp³-hybridized carbons (Fsp3) is 0.444. The van der Waals surface area contributed by atoms with Gasteiger partial charge in [-0.1, -0.05) is 36.4 Å². The molecule has 1 aliphatic carbocycles. The van der Waals surface area contributed by atoms with Crippen molar-refractivity contribution in [3.05, 3.63) is 47.5 Å². The molecule has 3 rings (SSSR count). The normalized spacial score (nSPS) is 21.9. The largest absolute Gasteiger partial charge is 0.377 e. The molecule has 2 nitrogen and oxygen atoms in total. The van der Waals surface area contributed by atoms with E-state index in [-0.39, 0.29) is 6.10 Å². The van der Waals surface area contributed by atoms with Gasteiger partial charge in [-0.3, -0.25) is 0 Å². The first kappa shape index (κ1) is 13.6. The minimum Gasteiger partial charge on any atom is -0.377 e. The molecule has 0 amide bonds. The maximum absolute atomic E-state index is 5.75. The fourth-order valence-corrected chi connectivity index (χ4v) is 3.53. The zero-order valence-electron chi connectivity index (χ0n) is 12.1. The third-order valence-electron chi connectivity index (χ3n) is 4.56. The molecule has 0 saturated carbocycles. The average molecular weight is 269 g/mol. The lowest BCUT2D eigenvalue weighted by molar-refractivity contribution is 0.0701. The molecule has 2 aromatic carbocycles. The van der Waals surface area contributed by atoms with E-state index in [1.165, 1.54) is 28.3 Å². The topological polar surface area (TPSA) is 35.2 Å². The molecule has 2 N–H and O–H groups in total. The molecule has 2 unspecified atom stereocenters. The Labute approximate surface area is 120 Å². The molecule has 2 heteroatoms. The van der Waals surface area contributed by atoms with Crippen LogP contribution in [0.3, 0.4) is 0 Å². The van der Waals surface area contributed by atoms with Crippen LogP contribution in [0, 0.1) is 5.92 Å². The van der Waals surface area contributed by atoms with Crippen molar-refractivity contribution in [1.82, 2.24) is 0 Å². The van der Waals surface area contributed by atoms with Gasteiger partial charge in [0.05, 0.1) is 6.10 Å². The number of rotatable bonds is 4. The van der Waals surface area contributed by atoms with E-state index < -0.39 is 0 Å². The van der Waals surface area contributed by atoms with E-state index >= 15 is 0 Å². The zero-order valence-corrected chi connectivity index (χ0v) is 12.1.